The number of carbonyl (C=O) groups is 1. The molecule has 0 aliphatic rings. The molecule has 0 aliphatic heterocycles. The molecule has 15 heavy (non-hydrogen) atoms. The van der Waals surface area contributed by atoms with Gasteiger partial charge in [0, 0.05) is 19.1 Å². The molecule has 2 rings (SSSR count). The Hall–Kier alpha value is -1.68. The molecule has 0 atom stereocenters. The van der Waals surface area contributed by atoms with Gasteiger partial charge in [0.15, 0.2) is 0 Å². The number of hydrogen-bond acceptors (Lipinski definition) is 3. The van der Waals surface area contributed by atoms with E-state index in [1.165, 1.54) is 0 Å². The maximum atomic E-state index is 10.6. The molecule has 1 aromatic heterocycles. The van der Waals surface area contributed by atoms with Gasteiger partial charge in [-0.3, -0.25) is 4.79 Å². The van der Waals surface area contributed by atoms with Crippen LogP contribution in [0.15, 0.2) is 18.2 Å². The van der Waals surface area contributed by atoms with Gasteiger partial charge in [0.05, 0.1) is 17.6 Å². The van der Waals surface area contributed by atoms with Crippen molar-refractivity contribution in [1.29, 1.82) is 0 Å². The van der Waals surface area contributed by atoms with Gasteiger partial charge in [-0.25, -0.2) is 4.98 Å². The van der Waals surface area contributed by atoms with Crippen LogP contribution in [0, 0.1) is 0 Å². The third kappa shape index (κ3) is 2.05. The van der Waals surface area contributed by atoms with Crippen LogP contribution in [0.1, 0.15) is 16.2 Å². The number of carbonyl (C=O) groups excluding carboxylic acids is 1. The molecule has 4 heteroatoms. The van der Waals surface area contributed by atoms with Crippen molar-refractivity contribution in [2.75, 3.05) is 13.7 Å². The highest BCUT2D eigenvalue weighted by atomic mass is 16.5. The fourth-order valence-corrected chi connectivity index (χ4v) is 1.47. The molecule has 1 N–H and O–H groups in total. The van der Waals surface area contributed by atoms with E-state index in [2.05, 4.69) is 9.97 Å². The third-order valence-electron chi connectivity index (χ3n) is 2.23. The van der Waals surface area contributed by atoms with Crippen molar-refractivity contribution in [3.05, 3.63) is 29.6 Å². The van der Waals surface area contributed by atoms with E-state index in [9.17, 15) is 4.79 Å². The molecule has 1 aromatic carbocycles. The molecule has 2 aromatic rings. The average Bonchev–Trinajstić information content (AvgIpc) is 2.67. The standard InChI is InChI=1S/C11H12N2O2/c1-15-5-4-11-12-9-3-2-8(7-14)6-10(9)13-11/h2-3,6-7H,4-5H2,1H3,(H,12,13). The first kappa shape index (κ1) is 9.86. The molecule has 0 radical (unpaired) electrons. The van der Waals surface area contributed by atoms with E-state index in [-0.39, 0.29) is 0 Å². The molecule has 1 heterocycles. The van der Waals surface area contributed by atoms with Crippen LogP contribution in [0.25, 0.3) is 11.0 Å². The molecular weight excluding hydrogens is 192 g/mol. The zero-order valence-electron chi connectivity index (χ0n) is 8.49. The fraction of sp³-hybridized carbons (Fsp3) is 0.273. The van der Waals surface area contributed by atoms with Gasteiger partial charge in [-0.1, -0.05) is 0 Å². The highest BCUT2D eigenvalue weighted by Crippen LogP contribution is 2.13. The lowest BCUT2D eigenvalue weighted by atomic mass is 10.2. The second kappa shape index (κ2) is 4.23. The van der Waals surface area contributed by atoms with Crippen LogP contribution in [0.4, 0.5) is 0 Å². The Kier molecular flexibility index (Phi) is 2.78. The number of methoxy groups -OCH3 is 1. The van der Waals surface area contributed by atoms with Crippen molar-refractivity contribution < 1.29 is 9.53 Å². The lowest BCUT2D eigenvalue weighted by Crippen LogP contribution is -1.95. The molecular formula is C11H12N2O2. The van der Waals surface area contributed by atoms with Gasteiger partial charge >= 0.3 is 0 Å². The van der Waals surface area contributed by atoms with Crippen LogP contribution < -0.4 is 0 Å². The number of benzene rings is 1. The topological polar surface area (TPSA) is 55.0 Å². The molecule has 0 bridgehead atoms. The summed E-state index contributed by atoms with van der Waals surface area (Å²) >= 11 is 0. The summed E-state index contributed by atoms with van der Waals surface area (Å²) in [4.78, 5) is 18.1. The summed E-state index contributed by atoms with van der Waals surface area (Å²) in [5, 5.41) is 0. The number of aromatic nitrogens is 2. The quantitative estimate of drug-likeness (QED) is 0.769. The van der Waals surface area contributed by atoms with Crippen molar-refractivity contribution in [3.63, 3.8) is 0 Å². The Balaban J connectivity index is 2.33. The summed E-state index contributed by atoms with van der Waals surface area (Å²) in [5.74, 6) is 0.884. The highest BCUT2D eigenvalue weighted by molar-refractivity contribution is 5.84. The Morgan fingerprint density at radius 1 is 1.53 bits per heavy atom. The molecule has 0 fully saturated rings. The Bertz CT molecular complexity index is 476. The van der Waals surface area contributed by atoms with Crippen molar-refractivity contribution in [2.45, 2.75) is 6.42 Å². The van der Waals surface area contributed by atoms with Crippen molar-refractivity contribution in [1.82, 2.24) is 9.97 Å². The summed E-state index contributed by atoms with van der Waals surface area (Å²) < 4.78 is 4.97. The summed E-state index contributed by atoms with van der Waals surface area (Å²) in [6.45, 7) is 0.639. The van der Waals surface area contributed by atoms with Crippen LogP contribution in [-0.2, 0) is 11.2 Å². The van der Waals surface area contributed by atoms with E-state index in [4.69, 9.17) is 4.74 Å². The number of rotatable bonds is 4. The number of aldehydes is 1. The lowest BCUT2D eigenvalue weighted by Gasteiger charge is -1.92. The Morgan fingerprint density at radius 3 is 3.13 bits per heavy atom. The fourth-order valence-electron chi connectivity index (χ4n) is 1.47. The van der Waals surface area contributed by atoms with E-state index in [0.29, 0.717) is 12.2 Å². The van der Waals surface area contributed by atoms with Gasteiger partial charge in [0.25, 0.3) is 0 Å². The highest BCUT2D eigenvalue weighted by Gasteiger charge is 2.02. The normalized spacial score (nSPS) is 10.7. The van der Waals surface area contributed by atoms with Gasteiger partial charge in [0.2, 0.25) is 0 Å². The van der Waals surface area contributed by atoms with Crippen molar-refractivity contribution in [2.24, 2.45) is 0 Å². The van der Waals surface area contributed by atoms with E-state index < -0.39 is 0 Å². The molecule has 0 aliphatic carbocycles. The van der Waals surface area contributed by atoms with Gasteiger partial charge in [-0.2, -0.15) is 0 Å². The Morgan fingerprint density at radius 2 is 2.40 bits per heavy atom. The largest absolute Gasteiger partial charge is 0.384 e. The monoisotopic (exact) mass is 204 g/mol. The van der Waals surface area contributed by atoms with Gasteiger partial charge in [0.1, 0.15) is 12.1 Å². The number of H-pyrrole nitrogens is 1. The first-order valence-corrected chi connectivity index (χ1v) is 4.76. The van der Waals surface area contributed by atoms with E-state index >= 15 is 0 Å². The number of nitrogens with zero attached hydrogens (tertiary/aromatic N) is 1. The predicted molar refractivity (Wildman–Crippen MR) is 57.1 cm³/mol. The van der Waals surface area contributed by atoms with Gasteiger partial charge in [-0.05, 0) is 18.2 Å². The van der Waals surface area contributed by atoms with Crippen LogP contribution in [0.2, 0.25) is 0 Å². The zero-order valence-corrected chi connectivity index (χ0v) is 8.49. The summed E-state index contributed by atoms with van der Waals surface area (Å²) in [7, 11) is 1.66. The second-order valence-electron chi connectivity index (χ2n) is 3.32. The number of hydrogen-bond donors (Lipinski definition) is 1. The van der Waals surface area contributed by atoms with E-state index in [1.54, 1.807) is 19.2 Å². The van der Waals surface area contributed by atoms with Crippen LogP contribution in [0.5, 0.6) is 0 Å². The molecule has 0 saturated carbocycles. The minimum absolute atomic E-state index is 0.639. The minimum atomic E-state index is 0.639. The first-order chi connectivity index (χ1) is 7.33. The first-order valence-electron chi connectivity index (χ1n) is 4.76. The SMILES string of the molecule is COCCc1nc2ccc(C=O)cc2[nH]1. The number of fused-ring (bicyclic) bond motifs is 1. The van der Waals surface area contributed by atoms with Crippen LogP contribution >= 0.6 is 0 Å². The molecule has 0 amide bonds. The molecule has 4 nitrogen and oxygen atoms in total. The minimum Gasteiger partial charge on any atom is -0.384 e. The summed E-state index contributed by atoms with van der Waals surface area (Å²) in [5.41, 5.74) is 2.43. The van der Waals surface area contributed by atoms with E-state index in [1.807, 2.05) is 6.07 Å². The number of imidazole rings is 1. The number of ether oxygens (including phenoxy) is 1. The van der Waals surface area contributed by atoms with Crippen molar-refractivity contribution in [3.8, 4) is 0 Å². The maximum absolute atomic E-state index is 10.6. The Labute approximate surface area is 87.3 Å². The molecule has 0 saturated heterocycles. The predicted octanol–water partition coefficient (Wildman–Crippen LogP) is 1.56. The van der Waals surface area contributed by atoms with Crippen LogP contribution in [-0.4, -0.2) is 30.0 Å². The lowest BCUT2D eigenvalue weighted by molar-refractivity contribution is 0.112. The van der Waals surface area contributed by atoms with E-state index in [0.717, 1.165) is 29.6 Å². The van der Waals surface area contributed by atoms with Crippen molar-refractivity contribution >= 4 is 17.3 Å². The summed E-state index contributed by atoms with van der Waals surface area (Å²) in [6, 6.07) is 5.40. The third-order valence-corrected chi connectivity index (χ3v) is 2.23. The summed E-state index contributed by atoms with van der Waals surface area (Å²) in [6.07, 6.45) is 1.58. The number of nitrogens with one attached hydrogen (secondary N) is 1. The molecule has 0 spiro atoms. The second-order valence-corrected chi connectivity index (χ2v) is 3.32. The van der Waals surface area contributed by atoms with Gasteiger partial charge in [-0.15, -0.1) is 0 Å². The zero-order chi connectivity index (χ0) is 10.7. The average molecular weight is 204 g/mol. The smallest absolute Gasteiger partial charge is 0.150 e. The maximum Gasteiger partial charge on any atom is 0.150 e. The van der Waals surface area contributed by atoms with Gasteiger partial charge < -0.3 is 9.72 Å². The number of aromatic amines is 1. The molecule has 0 unspecified atom stereocenters. The van der Waals surface area contributed by atoms with Crippen LogP contribution in [0.3, 0.4) is 0 Å². The molecule has 78 valence electrons.